The zero-order valence-electron chi connectivity index (χ0n) is 12.4. The molecule has 0 aliphatic rings. The molecule has 0 aliphatic carbocycles. The second-order valence-electron chi connectivity index (χ2n) is 4.74. The number of nitrogens with zero attached hydrogens (tertiary/aromatic N) is 2. The van der Waals surface area contributed by atoms with Crippen molar-refractivity contribution in [1.82, 2.24) is 9.97 Å². The van der Waals surface area contributed by atoms with E-state index in [-0.39, 0.29) is 26.8 Å². The lowest BCUT2D eigenvalue weighted by Crippen LogP contribution is -2.09. The van der Waals surface area contributed by atoms with Gasteiger partial charge < -0.3 is 5.32 Å². The van der Waals surface area contributed by atoms with Crippen LogP contribution < -0.4 is 5.32 Å². The average Bonchev–Trinajstić information content (AvgIpc) is 2.50. The minimum absolute atomic E-state index is 0.00902. The van der Waals surface area contributed by atoms with Crippen LogP contribution in [0.5, 0.6) is 0 Å². The van der Waals surface area contributed by atoms with Gasteiger partial charge in [-0.25, -0.2) is 13.4 Å². The molecule has 23 heavy (non-hydrogen) atoms. The lowest BCUT2D eigenvalue weighted by molar-refractivity contribution is 0.595. The van der Waals surface area contributed by atoms with E-state index in [1.54, 1.807) is 24.3 Å². The molecular weight excluding hydrogens is 357 g/mol. The molecule has 0 saturated heterocycles. The molecule has 1 N–H and O–H groups in total. The minimum Gasteiger partial charge on any atom is -0.338 e. The largest absolute Gasteiger partial charge is 0.338 e. The van der Waals surface area contributed by atoms with Crippen molar-refractivity contribution in [2.75, 3.05) is 11.1 Å². The van der Waals surface area contributed by atoms with Crippen LogP contribution in [-0.4, -0.2) is 24.1 Å². The molecular formula is C15H15Cl2N3O2S. The molecule has 0 unspecified atom stereocenters. The summed E-state index contributed by atoms with van der Waals surface area (Å²) in [4.78, 5) is 7.92. The Morgan fingerprint density at radius 1 is 1.35 bits per heavy atom. The Morgan fingerprint density at radius 2 is 2.09 bits per heavy atom. The van der Waals surface area contributed by atoms with Crippen molar-refractivity contribution in [2.24, 2.45) is 0 Å². The van der Waals surface area contributed by atoms with Gasteiger partial charge in [0.2, 0.25) is 5.28 Å². The molecule has 0 amide bonds. The van der Waals surface area contributed by atoms with E-state index >= 15 is 0 Å². The van der Waals surface area contributed by atoms with Crippen LogP contribution in [-0.2, 0) is 9.84 Å². The third-order valence-corrected chi connectivity index (χ3v) is 5.45. The van der Waals surface area contributed by atoms with Crippen LogP contribution >= 0.6 is 23.2 Å². The first-order valence-corrected chi connectivity index (χ1v) is 9.22. The lowest BCUT2D eigenvalue weighted by atomic mass is 10.2. The molecule has 2 aromatic rings. The van der Waals surface area contributed by atoms with E-state index in [9.17, 15) is 8.42 Å². The fourth-order valence-corrected chi connectivity index (χ4v) is 3.73. The molecule has 0 spiro atoms. The molecule has 8 heteroatoms. The van der Waals surface area contributed by atoms with Crippen LogP contribution in [0.25, 0.3) is 6.08 Å². The average molecular weight is 372 g/mol. The number of anilines is 2. The number of nitrogens with one attached hydrogen (secondary N) is 1. The van der Waals surface area contributed by atoms with Crippen molar-refractivity contribution in [1.29, 1.82) is 0 Å². The van der Waals surface area contributed by atoms with Gasteiger partial charge in [0.25, 0.3) is 0 Å². The summed E-state index contributed by atoms with van der Waals surface area (Å²) in [7, 11) is -3.43. The molecule has 0 bridgehead atoms. The smallest absolute Gasteiger partial charge is 0.224 e. The first-order chi connectivity index (χ1) is 10.9. The highest BCUT2D eigenvalue weighted by Crippen LogP contribution is 2.30. The molecule has 1 aromatic heterocycles. The van der Waals surface area contributed by atoms with Gasteiger partial charge in [-0.3, -0.25) is 0 Å². The minimum atomic E-state index is -3.43. The number of rotatable bonds is 6. The number of sulfone groups is 1. The standard InChI is InChI=1S/C15H15Cl2N3O2S/c1-3-7-23(21,22)13-6-5-10(4-2)8-12(13)19-14-11(16)9-18-15(17)20-14/h4-6,8-9H,2-3,7H2,1H3,(H,18,19,20). The van der Waals surface area contributed by atoms with E-state index < -0.39 is 9.84 Å². The highest BCUT2D eigenvalue weighted by molar-refractivity contribution is 7.91. The van der Waals surface area contributed by atoms with Gasteiger partial charge in [0.1, 0.15) is 5.02 Å². The van der Waals surface area contributed by atoms with Gasteiger partial charge in [0, 0.05) is 0 Å². The molecule has 2 rings (SSSR count). The molecule has 1 heterocycles. The molecule has 5 nitrogen and oxygen atoms in total. The maximum Gasteiger partial charge on any atom is 0.224 e. The fraction of sp³-hybridized carbons (Fsp3) is 0.200. The van der Waals surface area contributed by atoms with E-state index in [2.05, 4.69) is 21.9 Å². The first-order valence-electron chi connectivity index (χ1n) is 6.81. The summed E-state index contributed by atoms with van der Waals surface area (Å²) in [6.45, 7) is 5.50. The first kappa shape index (κ1) is 17.7. The van der Waals surface area contributed by atoms with E-state index in [1.807, 2.05) is 6.92 Å². The summed E-state index contributed by atoms with van der Waals surface area (Å²) in [6, 6.07) is 4.90. The summed E-state index contributed by atoms with van der Waals surface area (Å²) < 4.78 is 24.9. The van der Waals surface area contributed by atoms with E-state index in [0.29, 0.717) is 12.1 Å². The SMILES string of the molecule is C=Cc1ccc(S(=O)(=O)CCC)c(Nc2nc(Cl)ncc2Cl)c1. The van der Waals surface area contributed by atoms with Crippen molar-refractivity contribution in [3.63, 3.8) is 0 Å². The molecule has 0 atom stereocenters. The fourth-order valence-electron chi connectivity index (χ4n) is 1.98. The summed E-state index contributed by atoms with van der Waals surface area (Å²) >= 11 is 11.8. The summed E-state index contributed by atoms with van der Waals surface area (Å²) in [5, 5.41) is 3.17. The van der Waals surface area contributed by atoms with Crippen LogP contribution in [0.4, 0.5) is 11.5 Å². The Morgan fingerprint density at radius 3 is 2.74 bits per heavy atom. The normalized spacial score (nSPS) is 11.3. The molecule has 0 fully saturated rings. The number of aromatic nitrogens is 2. The molecule has 0 radical (unpaired) electrons. The highest BCUT2D eigenvalue weighted by Gasteiger charge is 2.19. The number of hydrogen-bond donors (Lipinski definition) is 1. The van der Waals surface area contributed by atoms with Gasteiger partial charge in [0.05, 0.1) is 22.5 Å². The maximum absolute atomic E-state index is 12.4. The zero-order chi connectivity index (χ0) is 17.0. The van der Waals surface area contributed by atoms with E-state index in [4.69, 9.17) is 23.2 Å². The third-order valence-electron chi connectivity index (χ3n) is 3.02. The van der Waals surface area contributed by atoms with Gasteiger partial charge in [0.15, 0.2) is 15.7 Å². The highest BCUT2D eigenvalue weighted by atomic mass is 35.5. The van der Waals surface area contributed by atoms with Crippen LogP contribution in [0.1, 0.15) is 18.9 Å². The molecule has 0 aliphatic heterocycles. The Bertz CT molecular complexity index is 839. The van der Waals surface area contributed by atoms with Crippen molar-refractivity contribution < 1.29 is 8.42 Å². The van der Waals surface area contributed by atoms with Crippen LogP contribution in [0.2, 0.25) is 10.3 Å². The quantitative estimate of drug-likeness (QED) is 0.763. The number of benzene rings is 1. The molecule has 122 valence electrons. The summed E-state index contributed by atoms with van der Waals surface area (Å²) in [6.07, 6.45) is 3.48. The third kappa shape index (κ3) is 4.22. The topological polar surface area (TPSA) is 72.0 Å². The zero-order valence-corrected chi connectivity index (χ0v) is 14.7. The van der Waals surface area contributed by atoms with E-state index in [0.717, 1.165) is 5.56 Å². The Balaban J connectivity index is 2.55. The van der Waals surface area contributed by atoms with E-state index in [1.165, 1.54) is 6.20 Å². The van der Waals surface area contributed by atoms with Crippen LogP contribution in [0.3, 0.4) is 0 Å². The molecule has 1 aromatic carbocycles. The van der Waals surface area contributed by atoms with Gasteiger partial charge >= 0.3 is 0 Å². The lowest BCUT2D eigenvalue weighted by Gasteiger charge is -2.13. The van der Waals surface area contributed by atoms with Gasteiger partial charge in [-0.15, -0.1) is 0 Å². The van der Waals surface area contributed by atoms with Gasteiger partial charge in [-0.2, -0.15) is 4.98 Å². The predicted molar refractivity (Wildman–Crippen MR) is 94.2 cm³/mol. The van der Waals surface area contributed by atoms with Gasteiger partial charge in [-0.1, -0.05) is 37.2 Å². The van der Waals surface area contributed by atoms with Gasteiger partial charge in [-0.05, 0) is 35.7 Å². The second kappa shape index (κ2) is 7.29. The maximum atomic E-state index is 12.4. The van der Waals surface area contributed by atoms with Crippen molar-refractivity contribution in [3.8, 4) is 0 Å². The summed E-state index contributed by atoms with van der Waals surface area (Å²) in [5.74, 6) is 0.286. The Hall–Kier alpha value is -1.63. The van der Waals surface area contributed by atoms with Crippen molar-refractivity contribution >= 4 is 50.6 Å². The van der Waals surface area contributed by atoms with Crippen molar-refractivity contribution in [2.45, 2.75) is 18.2 Å². The monoisotopic (exact) mass is 371 g/mol. The van der Waals surface area contributed by atoms with Crippen molar-refractivity contribution in [3.05, 3.63) is 46.8 Å². The van der Waals surface area contributed by atoms with Crippen LogP contribution in [0, 0.1) is 0 Å². The number of hydrogen-bond acceptors (Lipinski definition) is 5. The predicted octanol–water partition coefficient (Wildman–Crippen LogP) is 4.35. The summed E-state index contributed by atoms with van der Waals surface area (Å²) in [5.41, 5.74) is 1.13. The second-order valence-corrected chi connectivity index (χ2v) is 7.56. The Kier molecular flexibility index (Phi) is 5.62. The Labute approximate surface area is 145 Å². The molecule has 0 saturated carbocycles. The van der Waals surface area contributed by atoms with Crippen LogP contribution in [0.15, 0.2) is 35.9 Å². The number of halogens is 2.